The molecular formula is C6H7BrSe. The van der Waals surface area contributed by atoms with Crippen molar-refractivity contribution in [3.8, 4) is 0 Å². The number of hydrogen-bond acceptors (Lipinski definition) is 0. The Kier molecular flexibility index (Phi) is 9.99. The van der Waals surface area contributed by atoms with Crippen LogP contribution in [0.15, 0.2) is 36.4 Å². The quantitative estimate of drug-likeness (QED) is 0.605. The zero-order chi connectivity index (χ0) is 4.24. The van der Waals surface area contributed by atoms with Crippen LogP contribution in [-0.4, -0.2) is 17.1 Å². The maximum Gasteiger partial charge on any atom is 0 e. The summed E-state index contributed by atoms with van der Waals surface area (Å²) in [5.41, 5.74) is 0. The monoisotopic (exact) mass is 238 g/mol. The van der Waals surface area contributed by atoms with E-state index < -0.39 is 0 Å². The zero-order valence-electron chi connectivity index (χ0n) is 4.28. The summed E-state index contributed by atoms with van der Waals surface area (Å²) in [5.74, 6) is 0. The van der Waals surface area contributed by atoms with Gasteiger partial charge in [-0.25, -0.2) is 0 Å². The smallest absolute Gasteiger partial charge is 0 e. The van der Waals surface area contributed by atoms with E-state index in [1.165, 1.54) is 0 Å². The molecule has 0 spiro atoms. The molecule has 0 aliphatic heterocycles. The molecule has 0 fully saturated rings. The standard InChI is InChI=1S/C6H6.BrH.Se/c1-2-4-6-5-3-1;;/h1-6H;1H;. The second-order valence-corrected chi connectivity index (χ2v) is 1.15. The van der Waals surface area contributed by atoms with Crippen LogP contribution in [0.4, 0.5) is 0 Å². The molecular weight excluding hydrogens is 231 g/mol. The van der Waals surface area contributed by atoms with Crippen LogP contribution in [0.3, 0.4) is 0 Å². The minimum Gasteiger partial charge on any atom is -0.114 e. The summed E-state index contributed by atoms with van der Waals surface area (Å²) in [4.78, 5) is 0. The molecule has 0 atom stereocenters. The van der Waals surface area contributed by atoms with Gasteiger partial charge in [0.15, 0.2) is 0 Å². The summed E-state index contributed by atoms with van der Waals surface area (Å²) in [5, 5.41) is 0. The third kappa shape index (κ3) is 4.38. The van der Waals surface area contributed by atoms with Crippen LogP contribution in [0.2, 0.25) is 0 Å². The number of rotatable bonds is 0. The number of benzene rings is 1. The van der Waals surface area contributed by atoms with Gasteiger partial charge in [0.2, 0.25) is 0 Å². The topological polar surface area (TPSA) is 0 Å². The summed E-state index contributed by atoms with van der Waals surface area (Å²) in [6, 6.07) is 12.0. The molecule has 0 saturated heterocycles. The van der Waals surface area contributed by atoms with E-state index >= 15 is 0 Å². The van der Waals surface area contributed by atoms with Crippen LogP contribution < -0.4 is 0 Å². The van der Waals surface area contributed by atoms with Gasteiger partial charge in [-0.3, -0.25) is 0 Å². The van der Waals surface area contributed by atoms with Crippen molar-refractivity contribution < 1.29 is 0 Å². The molecule has 0 unspecified atom stereocenters. The van der Waals surface area contributed by atoms with Gasteiger partial charge in [-0.2, -0.15) is 0 Å². The van der Waals surface area contributed by atoms with Crippen molar-refractivity contribution in [2.75, 3.05) is 0 Å². The largest absolute Gasteiger partial charge is 0.114 e. The van der Waals surface area contributed by atoms with Crippen LogP contribution in [0.1, 0.15) is 0 Å². The van der Waals surface area contributed by atoms with Gasteiger partial charge in [-0.05, 0) is 0 Å². The van der Waals surface area contributed by atoms with Crippen molar-refractivity contribution in [2.45, 2.75) is 0 Å². The predicted octanol–water partition coefficient (Wildman–Crippen LogP) is 1.88. The average molecular weight is 238 g/mol. The minimum absolute atomic E-state index is 0. The van der Waals surface area contributed by atoms with Gasteiger partial charge >= 0.3 is 0 Å². The summed E-state index contributed by atoms with van der Waals surface area (Å²) < 4.78 is 0. The van der Waals surface area contributed by atoms with Crippen molar-refractivity contribution >= 4 is 34.1 Å². The fourth-order valence-corrected chi connectivity index (χ4v) is 0.385. The Labute approximate surface area is 70.5 Å². The van der Waals surface area contributed by atoms with E-state index in [1.807, 2.05) is 36.4 Å². The maximum atomic E-state index is 2.00. The minimum atomic E-state index is 0. The van der Waals surface area contributed by atoms with E-state index in [0.29, 0.717) is 0 Å². The Balaban J connectivity index is 0. The molecule has 8 heavy (non-hydrogen) atoms. The van der Waals surface area contributed by atoms with Crippen molar-refractivity contribution in [1.82, 2.24) is 0 Å². The molecule has 0 aliphatic rings. The maximum absolute atomic E-state index is 2.00. The van der Waals surface area contributed by atoms with Crippen molar-refractivity contribution in [3.05, 3.63) is 36.4 Å². The first-order valence-corrected chi connectivity index (χ1v) is 2.00. The summed E-state index contributed by atoms with van der Waals surface area (Å²) in [6.45, 7) is 0. The Morgan fingerprint density at radius 2 is 0.625 bits per heavy atom. The molecule has 1 rings (SSSR count). The van der Waals surface area contributed by atoms with Crippen LogP contribution in [0, 0.1) is 0 Å². The van der Waals surface area contributed by atoms with E-state index in [-0.39, 0.29) is 34.1 Å². The van der Waals surface area contributed by atoms with Crippen molar-refractivity contribution in [1.29, 1.82) is 0 Å². The van der Waals surface area contributed by atoms with E-state index in [4.69, 9.17) is 0 Å². The Hall–Kier alpha value is 0.219. The van der Waals surface area contributed by atoms with E-state index in [9.17, 15) is 0 Å². The molecule has 2 radical (unpaired) electrons. The van der Waals surface area contributed by atoms with Crippen molar-refractivity contribution in [2.24, 2.45) is 0 Å². The first kappa shape index (κ1) is 11.1. The van der Waals surface area contributed by atoms with Gasteiger partial charge in [0.05, 0.1) is 0 Å². The third-order valence-electron chi connectivity index (χ3n) is 0.667. The molecule has 0 saturated carbocycles. The van der Waals surface area contributed by atoms with Gasteiger partial charge in [0.1, 0.15) is 0 Å². The molecule has 44 valence electrons. The molecule has 1 aromatic carbocycles. The number of hydrogen-bond donors (Lipinski definition) is 0. The second kappa shape index (κ2) is 7.22. The normalized spacial score (nSPS) is 6.00. The zero-order valence-corrected chi connectivity index (χ0v) is 7.71. The second-order valence-electron chi connectivity index (χ2n) is 1.15. The molecule has 0 N–H and O–H groups in total. The Morgan fingerprint density at radius 1 is 0.500 bits per heavy atom. The van der Waals surface area contributed by atoms with Crippen LogP contribution >= 0.6 is 17.0 Å². The Morgan fingerprint density at radius 3 is 0.750 bits per heavy atom. The third-order valence-corrected chi connectivity index (χ3v) is 0.667. The summed E-state index contributed by atoms with van der Waals surface area (Å²) in [6.07, 6.45) is 0. The van der Waals surface area contributed by atoms with Crippen LogP contribution in [0.5, 0.6) is 0 Å². The fraction of sp³-hybridized carbons (Fsp3) is 0. The molecule has 0 heterocycles. The van der Waals surface area contributed by atoms with Crippen LogP contribution in [-0.2, 0) is 0 Å². The van der Waals surface area contributed by atoms with Gasteiger partial charge in [0, 0.05) is 17.1 Å². The number of halogens is 1. The van der Waals surface area contributed by atoms with Crippen LogP contribution in [0.25, 0.3) is 0 Å². The molecule has 0 bridgehead atoms. The summed E-state index contributed by atoms with van der Waals surface area (Å²) in [7, 11) is 0. The predicted molar refractivity (Wildman–Crippen MR) is 42.5 cm³/mol. The van der Waals surface area contributed by atoms with Gasteiger partial charge in [-0.15, -0.1) is 17.0 Å². The molecule has 1 aromatic rings. The first-order valence-electron chi connectivity index (χ1n) is 2.00. The van der Waals surface area contributed by atoms with Gasteiger partial charge in [-0.1, -0.05) is 36.4 Å². The molecule has 0 nitrogen and oxygen atoms in total. The fourth-order valence-electron chi connectivity index (χ4n) is 0.385. The van der Waals surface area contributed by atoms with Gasteiger partial charge < -0.3 is 0 Å². The van der Waals surface area contributed by atoms with Gasteiger partial charge in [0.25, 0.3) is 0 Å². The molecule has 0 amide bonds. The average Bonchev–Trinajstić information content (AvgIpc) is 1.72. The first-order chi connectivity index (χ1) is 3.00. The molecule has 0 aliphatic carbocycles. The van der Waals surface area contributed by atoms with E-state index in [1.54, 1.807) is 0 Å². The SMILES string of the molecule is Br.[Se].c1ccccc1. The summed E-state index contributed by atoms with van der Waals surface area (Å²) >= 11 is 0. The molecule has 0 aromatic heterocycles. The van der Waals surface area contributed by atoms with E-state index in [2.05, 4.69) is 0 Å². The van der Waals surface area contributed by atoms with E-state index in [0.717, 1.165) is 0 Å². The molecule has 2 heteroatoms. The van der Waals surface area contributed by atoms with Crippen molar-refractivity contribution in [3.63, 3.8) is 0 Å². The Bertz CT molecular complexity index is 80.5.